The Labute approximate surface area is 172 Å². The number of nitrogens with zero attached hydrogens (tertiary/aromatic N) is 3. The third-order valence-electron chi connectivity index (χ3n) is 5.36. The highest BCUT2D eigenvalue weighted by molar-refractivity contribution is 5.78. The molecule has 0 radical (unpaired) electrons. The van der Waals surface area contributed by atoms with E-state index in [1.807, 2.05) is 24.6 Å². The number of benzene rings is 1. The Kier molecular flexibility index (Phi) is 6.69. The van der Waals surface area contributed by atoms with Crippen LogP contribution in [0, 0.1) is 13.8 Å². The molecule has 2 N–H and O–H groups in total. The smallest absolute Gasteiger partial charge is 0.234 e. The van der Waals surface area contributed by atoms with Gasteiger partial charge in [-0.2, -0.15) is 5.10 Å². The van der Waals surface area contributed by atoms with Gasteiger partial charge in [-0.15, -0.1) is 0 Å². The molecule has 1 aromatic heterocycles. The molecule has 0 bridgehead atoms. The maximum absolute atomic E-state index is 12.6. The number of hydrogen-bond acceptors (Lipinski definition) is 4. The molecule has 3 rings (SSSR count). The van der Waals surface area contributed by atoms with Gasteiger partial charge in [0.25, 0.3) is 0 Å². The Bertz CT molecular complexity index is 889. The van der Waals surface area contributed by atoms with Gasteiger partial charge in [-0.3, -0.25) is 19.2 Å². The van der Waals surface area contributed by atoms with E-state index in [0.717, 1.165) is 30.0 Å². The first-order valence-corrected chi connectivity index (χ1v) is 10.3. The molecule has 0 unspecified atom stereocenters. The Morgan fingerprint density at radius 3 is 2.72 bits per heavy atom. The summed E-state index contributed by atoms with van der Waals surface area (Å²) in [5.41, 5.74) is 5.48. The van der Waals surface area contributed by atoms with Gasteiger partial charge < -0.3 is 10.6 Å². The summed E-state index contributed by atoms with van der Waals surface area (Å²) < 4.78 is 1.97. The standard InChI is InChI=1S/C22H31N5O2/c1-5-21(28)23-12-18-11-19-13-26(8-9-27(19)25-18)14-22(29)24-17(4)20-10-15(2)6-7-16(20)3/h6-7,10-11,17H,5,8-9,12-14H2,1-4H3,(H,23,28)(H,24,29)/t17-/m0/s1. The lowest BCUT2D eigenvalue weighted by Crippen LogP contribution is -2.42. The van der Waals surface area contributed by atoms with Crippen molar-refractivity contribution in [1.82, 2.24) is 25.3 Å². The van der Waals surface area contributed by atoms with Crippen LogP contribution in [0.2, 0.25) is 0 Å². The van der Waals surface area contributed by atoms with Crippen molar-refractivity contribution in [3.8, 4) is 0 Å². The minimum Gasteiger partial charge on any atom is -0.350 e. The number of nitrogens with one attached hydrogen (secondary N) is 2. The first kappa shape index (κ1) is 21.0. The number of hydrogen-bond donors (Lipinski definition) is 2. The highest BCUT2D eigenvalue weighted by atomic mass is 16.2. The fourth-order valence-electron chi connectivity index (χ4n) is 3.71. The number of aromatic nitrogens is 2. The van der Waals surface area contributed by atoms with E-state index in [1.54, 1.807) is 0 Å². The van der Waals surface area contributed by atoms with Gasteiger partial charge in [0.2, 0.25) is 11.8 Å². The van der Waals surface area contributed by atoms with Gasteiger partial charge in [0.1, 0.15) is 0 Å². The van der Waals surface area contributed by atoms with Gasteiger partial charge in [0.15, 0.2) is 0 Å². The fraction of sp³-hybridized carbons (Fsp3) is 0.500. The van der Waals surface area contributed by atoms with Crippen LogP contribution in [-0.2, 0) is 29.2 Å². The molecule has 0 saturated carbocycles. The molecule has 156 valence electrons. The van der Waals surface area contributed by atoms with E-state index >= 15 is 0 Å². The highest BCUT2D eigenvalue weighted by Crippen LogP contribution is 2.19. The van der Waals surface area contributed by atoms with Crippen LogP contribution in [0.4, 0.5) is 0 Å². The predicted octanol–water partition coefficient (Wildman–Crippen LogP) is 2.22. The van der Waals surface area contributed by atoms with Crippen molar-refractivity contribution in [3.63, 3.8) is 0 Å². The SMILES string of the molecule is CCC(=O)NCc1cc2n(n1)CCN(CC(=O)N[C@@H](C)c1cc(C)ccc1C)C2. The van der Waals surface area contributed by atoms with Crippen molar-refractivity contribution in [2.75, 3.05) is 13.1 Å². The van der Waals surface area contributed by atoms with Gasteiger partial charge in [-0.05, 0) is 38.0 Å². The predicted molar refractivity (Wildman–Crippen MR) is 112 cm³/mol. The molecule has 0 saturated heterocycles. The van der Waals surface area contributed by atoms with Crippen LogP contribution >= 0.6 is 0 Å². The Morgan fingerprint density at radius 1 is 1.17 bits per heavy atom. The fourth-order valence-corrected chi connectivity index (χ4v) is 3.71. The lowest BCUT2D eigenvalue weighted by molar-refractivity contribution is -0.123. The monoisotopic (exact) mass is 397 g/mol. The largest absolute Gasteiger partial charge is 0.350 e. The second kappa shape index (κ2) is 9.22. The number of carbonyl (C=O) groups is 2. The molecule has 1 aliphatic heterocycles. The molecule has 1 aromatic carbocycles. The second-order valence-corrected chi connectivity index (χ2v) is 7.84. The minimum absolute atomic E-state index is 0.0206. The topological polar surface area (TPSA) is 79.3 Å². The number of aryl methyl sites for hydroxylation is 2. The summed E-state index contributed by atoms with van der Waals surface area (Å²) in [5.74, 6) is 0.0500. The van der Waals surface area contributed by atoms with E-state index in [0.29, 0.717) is 26.1 Å². The molecule has 7 nitrogen and oxygen atoms in total. The third-order valence-corrected chi connectivity index (χ3v) is 5.36. The average molecular weight is 398 g/mol. The normalized spacial score (nSPS) is 14.9. The van der Waals surface area contributed by atoms with Gasteiger partial charge in [0, 0.05) is 19.5 Å². The van der Waals surface area contributed by atoms with Crippen molar-refractivity contribution >= 4 is 11.8 Å². The third kappa shape index (κ3) is 5.44. The number of carbonyl (C=O) groups excluding carboxylic acids is 2. The quantitative estimate of drug-likeness (QED) is 0.751. The van der Waals surface area contributed by atoms with Crippen molar-refractivity contribution in [2.24, 2.45) is 0 Å². The summed E-state index contributed by atoms with van der Waals surface area (Å²) in [4.78, 5) is 26.2. The van der Waals surface area contributed by atoms with Crippen LogP contribution < -0.4 is 10.6 Å². The lowest BCUT2D eigenvalue weighted by Gasteiger charge is -2.27. The van der Waals surface area contributed by atoms with E-state index in [4.69, 9.17) is 0 Å². The number of fused-ring (bicyclic) bond motifs is 1. The van der Waals surface area contributed by atoms with E-state index in [2.05, 4.69) is 52.7 Å². The molecule has 0 fully saturated rings. The summed E-state index contributed by atoms with van der Waals surface area (Å²) in [6.07, 6.45) is 0.469. The minimum atomic E-state index is -0.0218. The number of amides is 2. The molecule has 2 heterocycles. The lowest BCUT2D eigenvalue weighted by atomic mass is 10.00. The van der Waals surface area contributed by atoms with Gasteiger partial charge in [0.05, 0.1) is 37.1 Å². The van der Waals surface area contributed by atoms with Crippen LogP contribution in [0.25, 0.3) is 0 Å². The van der Waals surface area contributed by atoms with E-state index in [9.17, 15) is 9.59 Å². The Balaban J connectivity index is 1.54. The van der Waals surface area contributed by atoms with Crippen LogP contribution in [-0.4, -0.2) is 39.6 Å². The summed E-state index contributed by atoms with van der Waals surface area (Å²) in [5, 5.41) is 10.5. The maximum Gasteiger partial charge on any atom is 0.234 e. The van der Waals surface area contributed by atoms with Crippen molar-refractivity contribution in [3.05, 3.63) is 52.3 Å². The van der Waals surface area contributed by atoms with Crippen molar-refractivity contribution < 1.29 is 9.59 Å². The molecule has 0 aliphatic carbocycles. The molecule has 29 heavy (non-hydrogen) atoms. The average Bonchev–Trinajstić information content (AvgIpc) is 3.09. The van der Waals surface area contributed by atoms with E-state index in [1.165, 1.54) is 11.1 Å². The van der Waals surface area contributed by atoms with Gasteiger partial charge >= 0.3 is 0 Å². The molecular weight excluding hydrogens is 366 g/mol. The van der Waals surface area contributed by atoms with Crippen LogP contribution in [0.15, 0.2) is 24.3 Å². The van der Waals surface area contributed by atoms with Gasteiger partial charge in [-0.25, -0.2) is 0 Å². The molecule has 1 aliphatic rings. The van der Waals surface area contributed by atoms with E-state index < -0.39 is 0 Å². The van der Waals surface area contributed by atoms with Crippen molar-refractivity contribution in [1.29, 1.82) is 0 Å². The molecule has 0 spiro atoms. The van der Waals surface area contributed by atoms with E-state index in [-0.39, 0.29) is 17.9 Å². The zero-order chi connectivity index (χ0) is 21.0. The zero-order valence-electron chi connectivity index (χ0n) is 17.8. The second-order valence-electron chi connectivity index (χ2n) is 7.84. The zero-order valence-corrected chi connectivity index (χ0v) is 17.8. The molecule has 7 heteroatoms. The summed E-state index contributed by atoms with van der Waals surface area (Å²) in [6.45, 7) is 11.0. The van der Waals surface area contributed by atoms with Crippen molar-refractivity contribution in [2.45, 2.75) is 59.8 Å². The summed E-state index contributed by atoms with van der Waals surface area (Å²) in [6, 6.07) is 8.31. The molecule has 1 atom stereocenters. The van der Waals surface area contributed by atoms with Crippen LogP contribution in [0.5, 0.6) is 0 Å². The molecule has 2 aromatic rings. The maximum atomic E-state index is 12.6. The number of rotatable bonds is 7. The Morgan fingerprint density at radius 2 is 1.97 bits per heavy atom. The Hall–Kier alpha value is -2.67. The van der Waals surface area contributed by atoms with Crippen LogP contribution in [0.1, 0.15) is 54.4 Å². The van der Waals surface area contributed by atoms with Crippen LogP contribution in [0.3, 0.4) is 0 Å². The summed E-state index contributed by atoms with van der Waals surface area (Å²) >= 11 is 0. The van der Waals surface area contributed by atoms with Gasteiger partial charge in [-0.1, -0.05) is 30.7 Å². The molecule has 2 amide bonds. The first-order valence-electron chi connectivity index (χ1n) is 10.3. The molecular formula is C22H31N5O2. The highest BCUT2D eigenvalue weighted by Gasteiger charge is 2.21. The first-order chi connectivity index (χ1) is 13.9. The summed E-state index contributed by atoms with van der Waals surface area (Å²) in [7, 11) is 0.